The highest BCUT2D eigenvalue weighted by Crippen LogP contribution is 2.38. The van der Waals surface area contributed by atoms with Crippen molar-refractivity contribution in [2.75, 3.05) is 19.0 Å². The number of para-hydroxylation sites is 1. The molecule has 0 aliphatic heterocycles. The van der Waals surface area contributed by atoms with E-state index in [1.807, 2.05) is 25.1 Å². The lowest BCUT2D eigenvalue weighted by Crippen LogP contribution is -2.14. The molecule has 7 heteroatoms. The fourth-order valence-electron chi connectivity index (χ4n) is 3.73. The molecule has 0 fully saturated rings. The average Bonchev–Trinajstić information content (AvgIpc) is 3.23. The van der Waals surface area contributed by atoms with E-state index in [1.54, 1.807) is 6.07 Å². The summed E-state index contributed by atoms with van der Waals surface area (Å²) in [4.78, 5) is 26.5. The van der Waals surface area contributed by atoms with Crippen molar-refractivity contribution in [2.24, 2.45) is 0 Å². The van der Waals surface area contributed by atoms with Crippen LogP contribution in [0.2, 0.25) is 0 Å². The summed E-state index contributed by atoms with van der Waals surface area (Å²) in [5.74, 6) is -0.0400. The third-order valence-corrected chi connectivity index (χ3v) is 6.28. The van der Waals surface area contributed by atoms with Crippen LogP contribution in [0.1, 0.15) is 57.5 Å². The van der Waals surface area contributed by atoms with Crippen LogP contribution in [0.4, 0.5) is 5.00 Å². The van der Waals surface area contributed by atoms with Gasteiger partial charge in [-0.05, 0) is 50.3 Å². The Morgan fingerprint density at radius 2 is 2.03 bits per heavy atom. The van der Waals surface area contributed by atoms with Gasteiger partial charge < -0.3 is 19.2 Å². The third-order valence-electron chi connectivity index (χ3n) is 5.07. The van der Waals surface area contributed by atoms with Crippen LogP contribution in [0, 0.1) is 0 Å². The number of carbonyl (C=O) groups excluding carboxylic acids is 2. The van der Waals surface area contributed by atoms with E-state index in [0.717, 1.165) is 47.9 Å². The topological polar surface area (TPSA) is 77.8 Å². The number of ether oxygens (including phenoxy) is 2. The van der Waals surface area contributed by atoms with E-state index in [0.29, 0.717) is 28.5 Å². The molecule has 0 radical (unpaired) electrons. The zero-order chi connectivity index (χ0) is 20.4. The predicted octanol–water partition coefficient (Wildman–Crippen LogP) is 5.20. The third kappa shape index (κ3) is 3.74. The molecule has 29 heavy (non-hydrogen) atoms. The number of rotatable bonds is 5. The van der Waals surface area contributed by atoms with Crippen LogP contribution in [0.15, 0.2) is 28.7 Å². The van der Waals surface area contributed by atoms with Gasteiger partial charge in [-0.15, -0.1) is 11.3 Å². The Morgan fingerprint density at radius 3 is 2.83 bits per heavy atom. The zero-order valence-corrected chi connectivity index (χ0v) is 17.3. The fraction of sp³-hybridized carbons (Fsp3) is 0.364. The van der Waals surface area contributed by atoms with Crippen molar-refractivity contribution >= 4 is 39.2 Å². The maximum Gasteiger partial charge on any atom is 0.341 e. The van der Waals surface area contributed by atoms with Gasteiger partial charge in [-0.2, -0.15) is 0 Å². The number of esters is 1. The summed E-state index contributed by atoms with van der Waals surface area (Å²) in [6.07, 6.45) is 5.01. The second-order valence-corrected chi connectivity index (χ2v) is 8.04. The molecule has 0 saturated heterocycles. The SMILES string of the molecule is CCOc1cccc2cc(C(=O)Nc3sc4c(c3C(=O)OC)CCCCC4)oc12. The maximum absolute atomic E-state index is 12.9. The van der Waals surface area contributed by atoms with Gasteiger partial charge in [-0.3, -0.25) is 4.79 Å². The molecular formula is C22H23NO5S. The van der Waals surface area contributed by atoms with Crippen LogP contribution in [0.3, 0.4) is 0 Å². The molecule has 152 valence electrons. The number of fused-ring (bicyclic) bond motifs is 2. The van der Waals surface area contributed by atoms with Crippen molar-refractivity contribution in [3.63, 3.8) is 0 Å². The lowest BCUT2D eigenvalue weighted by Gasteiger charge is -2.06. The summed E-state index contributed by atoms with van der Waals surface area (Å²) in [7, 11) is 1.36. The van der Waals surface area contributed by atoms with Crippen LogP contribution < -0.4 is 10.1 Å². The van der Waals surface area contributed by atoms with E-state index < -0.39 is 11.9 Å². The van der Waals surface area contributed by atoms with Crippen LogP contribution in [-0.2, 0) is 17.6 Å². The summed E-state index contributed by atoms with van der Waals surface area (Å²) in [6, 6.07) is 7.22. The first-order chi connectivity index (χ1) is 14.1. The molecule has 3 aromatic rings. The predicted molar refractivity (Wildman–Crippen MR) is 112 cm³/mol. The Kier molecular flexibility index (Phi) is 5.58. The molecule has 2 aromatic heterocycles. The molecule has 1 aliphatic rings. The molecule has 0 spiro atoms. The minimum Gasteiger partial charge on any atom is -0.490 e. The van der Waals surface area contributed by atoms with Gasteiger partial charge in [0.25, 0.3) is 5.91 Å². The van der Waals surface area contributed by atoms with Crippen molar-refractivity contribution in [2.45, 2.75) is 39.0 Å². The summed E-state index contributed by atoms with van der Waals surface area (Å²) in [5, 5.41) is 4.19. The molecule has 1 N–H and O–H groups in total. The fourth-order valence-corrected chi connectivity index (χ4v) is 5.00. The summed E-state index contributed by atoms with van der Waals surface area (Å²) in [5.41, 5.74) is 2.03. The molecule has 1 aliphatic carbocycles. The lowest BCUT2D eigenvalue weighted by atomic mass is 10.1. The number of hydrogen-bond donors (Lipinski definition) is 1. The number of nitrogens with one attached hydrogen (secondary N) is 1. The smallest absolute Gasteiger partial charge is 0.341 e. The molecule has 0 unspecified atom stereocenters. The lowest BCUT2D eigenvalue weighted by molar-refractivity contribution is 0.0601. The second kappa shape index (κ2) is 8.29. The summed E-state index contributed by atoms with van der Waals surface area (Å²) >= 11 is 1.46. The Morgan fingerprint density at radius 1 is 1.21 bits per heavy atom. The van der Waals surface area contributed by atoms with Crippen molar-refractivity contribution in [1.82, 2.24) is 0 Å². The van der Waals surface area contributed by atoms with Crippen molar-refractivity contribution in [3.8, 4) is 5.75 Å². The number of anilines is 1. The van der Waals surface area contributed by atoms with Crippen LogP contribution in [0.5, 0.6) is 5.75 Å². The van der Waals surface area contributed by atoms with Gasteiger partial charge >= 0.3 is 5.97 Å². The second-order valence-electron chi connectivity index (χ2n) is 6.93. The Bertz CT molecular complexity index is 1060. The summed E-state index contributed by atoms with van der Waals surface area (Å²) < 4.78 is 16.4. The number of aryl methyl sites for hydroxylation is 1. The highest BCUT2D eigenvalue weighted by Gasteiger charge is 2.27. The van der Waals surface area contributed by atoms with Crippen molar-refractivity contribution in [1.29, 1.82) is 0 Å². The Hall–Kier alpha value is -2.80. The highest BCUT2D eigenvalue weighted by atomic mass is 32.1. The van der Waals surface area contributed by atoms with Gasteiger partial charge in [0.05, 0.1) is 19.3 Å². The van der Waals surface area contributed by atoms with E-state index in [4.69, 9.17) is 13.9 Å². The molecule has 1 amide bonds. The first-order valence-electron chi connectivity index (χ1n) is 9.82. The van der Waals surface area contributed by atoms with Gasteiger partial charge in [0.1, 0.15) is 5.00 Å². The van der Waals surface area contributed by atoms with Crippen LogP contribution in [0.25, 0.3) is 11.0 Å². The van der Waals surface area contributed by atoms with E-state index in [1.165, 1.54) is 18.4 Å². The standard InChI is InChI=1S/C22H23NO5S/c1-3-27-15-10-7-8-13-12-16(28-19(13)15)20(24)23-21-18(22(25)26-2)14-9-5-4-6-11-17(14)29-21/h7-8,10,12H,3-6,9,11H2,1-2H3,(H,23,24). The first kappa shape index (κ1) is 19.5. The molecule has 0 saturated carbocycles. The number of methoxy groups -OCH3 is 1. The molecule has 6 nitrogen and oxygen atoms in total. The van der Waals surface area contributed by atoms with E-state index in [9.17, 15) is 9.59 Å². The zero-order valence-electron chi connectivity index (χ0n) is 16.5. The van der Waals surface area contributed by atoms with Crippen molar-refractivity contribution < 1.29 is 23.5 Å². The molecule has 4 rings (SSSR count). The van der Waals surface area contributed by atoms with Gasteiger partial charge in [-0.25, -0.2) is 4.79 Å². The summed E-state index contributed by atoms with van der Waals surface area (Å²) in [6.45, 7) is 2.40. The highest BCUT2D eigenvalue weighted by molar-refractivity contribution is 7.17. The number of amides is 1. The number of furan rings is 1. The van der Waals surface area contributed by atoms with Crippen LogP contribution in [-0.4, -0.2) is 25.6 Å². The number of benzene rings is 1. The molecule has 0 atom stereocenters. The Labute approximate surface area is 172 Å². The van der Waals surface area contributed by atoms with Gasteiger partial charge in [0.2, 0.25) is 0 Å². The van der Waals surface area contributed by atoms with Crippen molar-refractivity contribution in [3.05, 3.63) is 46.0 Å². The van der Waals surface area contributed by atoms with Gasteiger partial charge in [-0.1, -0.05) is 18.6 Å². The average molecular weight is 413 g/mol. The first-order valence-corrected chi connectivity index (χ1v) is 10.6. The number of hydrogen-bond acceptors (Lipinski definition) is 6. The molecule has 2 heterocycles. The van der Waals surface area contributed by atoms with Gasteiger partial charge in [0, 0.05) is 10.3 Å². The van der Waals surface area contributed by atoms with E-state index in [2.05, 4.69) is 5.32 Å². The molecule has 0 bridgehead atoms. The molecular weight excluding hydrogens is 390 g/mol. The monoisotopic (exact) mass is 413 g/mol. The largest absolute Gasteiger partial charge is 0.490 e. The van der Waals surface area contributed by atoms with Crippen LogP contribution >= 0.6 is 11.3 Å². The quantitative estimate of drug-likeness (QED) is 0.459. The number of thiophene rings is 1. The minimum atomic E-state index is -0.414. The Balaban J connectivity index is 1.67. The van der Waals surface area contributed by atoms with E-state index in [-0.39, 0.29) is 5.76 Å². The minimum absolute atomic E-state index is 0.173. The number of carbonyl (C=O) groups is 2. The molecule has 1 aromatic carbocycles. The van der Waals surface area contributed by atoms with Gasteiger partial charge in [0.15, 0.2) is 17.1 Å². The normalized spacial score (nSPS) is 13.6. The maximum atomic E-state index is 12.9. The van der Waals surface area contributed by atoms with E-state index >= 15 is 0 Å².